The van der Waals surface area contributed by atoms with E-state index in [1.54, 1.807) is 0 Å². The highest BCUT2D eigenvalue weighted by Crippen LogP contribution is 2.52. The summed E-state index contributed by atoms with van der Waals surface area (Å²) in [7, 11) is 0. The van der Waals surface area contributed by atoms with E-state index in [4.69, 9.17) is 0 Å². The second-order valence-corrected chi connectivity index (χ2v) is 8.65. The topological polar surface area (TPSA) is 57.7 Å². The molecule has 3 amide bonds. The molecule has 5 heteroatoms. The summed E-state index contributed by atoms with van der Waals surface area (Å²) in [4.78, 5) is 42.4. The Morgan fingerprint density at radius 1 is 0.929 bits per heavy atom. The number of anilines is 1. The van der Waals surface area contributed by atoms with Crippen molar-refractivity contribution in [2.45, 2.75) is 44.6 Å². The number of para-hydroxylation sites is 1. The molecule has 28 heavy (non-hydrogen) atoms. The van der Waals surface area contributed by atoms with Gasteiger partial charge in [-0.3, -0.25) is 19.3 Å². The van der Waals surface area contributed by atoms with Gasteiger partial charge in [-0.1, -0.05) is 49.6 Å². The van der Waals surface area contributed by atoms with Crippen molar-refractivity contribution >= 4 is 23.4 Å². The molecule has 0 N–H and O–H groups in total. The maximum Gasteiger partial charge on any atom is 0.247 e. The minimum atomic E-state index is -0.241. The number of hydrogen-bond acceptors (Lipinski definition) is 3. The Labute approximate surface area is 165 Å². The number of carbonyl (C=O) groups is 3. The van der Waals surface area contributed by atoms with Gasteiger partial charge in [-0.25, -0.2) is 0 Å². The molecule has 1 aromatic rings. The summed E-state index contributed by atoms with van der Waals surface area (Å²) in [6, 6.07) is 9.83. The second kappa shape index (κ2) is 6.87. The number of fused-ring (bicyclic) bond motifs is 5. The Bertz CT molecular complexity index is 798. The standard InChI is InChI=1S/C23H26N2O3/c26-19(25(17-7-3-1-4-8-17)18-9-5-2-6-10-18)14-24-22(27)20-15-11-12-16(13-15)21(20)23(24)28/h1,3-4,7-8,11-12,15-16,18,20-21H,2,5-6,9-10,13-14H2. The molecule has 2 saturated carbocycles. The molecule has 3 fully saturated rings. The summed E-state index contributed by atoms with van der Waals surface area (Å²) in [5.41, 5.74) is 0.862. The van der Waals surface area contributed by atoms with Crippen LogP contribution in [0.2, 0.25) is 0 Å². The molecule has 1 aliphatic heterocycles. The van der Waals surface area contributed by atoms with E-state index in [0.717, 1.165) is 37.8 Å². The summed E-state index contributed by atoms with van der Waals surface area (Å²) >= 11 is 0. The number of amides is 3. The van der Waals surface area contributed by atoms with Gasteiger partial charge in [0.15, 0.2) is 0 Å². The van der Waals surface area contributed by atoms with Crippen LogP contribution in [0.5, 0.6) is 0 Å². The van der Waals surface area contributed by atoms with Gasteiger partial charge >= 0.3 is 0 Å². The molecule has 4 unspecified atom stereocenters. The number of benzene rings is 1. The van der Waals surface area contributed by atoms with E-state index in [1.807, 2.05) is 35.2 Å². The van der Waals surface area contributed by atoms with Crippen LogP contribution in [0.1, 0.15) is 38.5 Å². The number of nitrogens with zero attached hydrogens (tertiary/aromatic N) is 2. The summed E-state index contributed by atoms with van der Waals surface area (Å²) in [6.45, 7) is -0.129. The fourth-order valence-corrected chi connectivity index (χ4v) is 5.82. The maximum atomic E-state index is 13.4. The van der Waals surface area contributed by atoms with Gasteiger partial charge in [-0.2, -0.15) is 0 Å². The summed E-state index contributed by atoms with van der Waals surface area (Å²) in [5, 5.41) is 0. The number of imide groups is 1. The zero-order valence-corrected chi connectivity index (χ0v) is 16.0. The van der Waals surface area contributed by atoms with Crippen molar-refractivity contribution in [1.29, 1.82) is 0 Å². The van der Waals surface area contributed by atoms with E-state index < -0.39 is 0 Å². The van der Waals surface area contributed by atoms with Gasteiger partial charge in [-0.15, -0.1) is 0 Å². The third-order valence-electron chi connectivity index (χ3n) is 7.10. The van der Waals surface area contributed by atoms with Gasteiger partial charge in [0.25, 0.3) is 0 Å². The fraction of sp³-hybridized carbons (Fsp3) is 0.522. The number of likely N-dealkylation sites (tertiary alicyclic amines) is 1. The maximum absolute atomic E-state index is 13.4. The molecule has 4 aliphatic rings. The van der Waals surface area contributed by atoms with Crippen molar-refractivity contribution < 1.29 is 14.4 Å². The monoisotopic (exact) mass is 378 g/mol. The van der Waals surface area contributed by atoms with Crippen molar-refractivity contribution in [3.8, 4) is 0 Å². The number of rotatable bonds is 4. The van der Waals surface area contributed by atoms with Crippen molar-refractivity contribution in [2.24, 2.45) is 23.7 Å². The third kappa shape index (κ3) is 2.71. The highest BCUT2D eigenvalue weighted by Gasteiger charge is 2.59. The molecular formula is C23H26N2O3. The van der Waals surface area contributed by atoms with Crippen LogP contribution in [0.4, 0.5) is 5.69 Å². The van der Waals surface area contributed by atoms with E-state index in [9.17, 15) is 14.4 Å². The Kier molecular flexibility index (Phi) is 4.33. The predicted octanol–water partition coefficient (Wildman–Crippen LogP) is 3.16. The SMILES string of the molecule is O=C1C2C3C=CC(C3)C2C(=O)N1CC(=O)N(c1ccccc1)C1CCCCC1. The first-order valence-corrected chi connectivity index (χ1v) is 10.6. The van der Waals surface area contributed by atoms with Gasteiger partial charge in [0.1, 0.15) is 6.54 Å². The first-order valence-electron chi connectivity index (χ1n) is 10.6. The quantitative estimate of drug-likeness (QED) is 0.597. The lowest BCUT2D eigenvalue weighted by atomic mass is 9.85. The minimum Gasteiger partial charge on any atom is -0.308 e. The molecule has 0 radical (unpaired) electrons. The van der Waals surface area contributed by atoms with Crippen LogP contribution in [0, 0.1) is 23.7 Å². The average Bonchev–Trinajstić information content (AvgIpc) is 3.40. The molecule has 1 aromatic carbocycles. The van der Waals surface area contributed by atoms with Gasteiger partial charge in [0, 0.05) is 11.7 Å². The van der Waals surface area contributed by atoms with Crippen LogP contribution in [0.15, 0.2) is 42.5 Å². The van der Waals surface area contributed by atoms with Crippen LogP contribution in [0.25, 0.3) is 0 Å². The molecule has 146 valence electrons. The van der Waals surface area contributed by atoms with E-state index >= 15 is 0 Å². The molecule has 0 spiro atoms. The molecule has 1 heterocycles. The first-order chi connectivity index (χ1) is 13.6. The van der Waals surface area contributed by atoms with E-state index in [-0.39, 0.29) is 54.0 Å². The average molecular weight is 378 g/mol. The molecule has 1 saturated heterocycles. The van der Waals surface area contributed by atoms with Crippen LogP contribution in [-0.2, 0) is 14.4 Å². The summed E-state index contributed by atoms with van der Waals surface area (Å²) in [6.07, 6.45) is 10.5. The Morgan fingerprint density at radius 3 is 2.14 bits per heavy atom. The largest absolute Gasteiger partial charge is 0.308 e. The highest BCUT2D eigenvalue weighted by molar-refractivity contribution is 6.10. The van der Waals surface area contributed by atoms with Gasteiger partial charge in [0.2, 0.25) is 17.7 Å². The van der Waals surface area contributed by atoms with Crippen molar-refractivity contribution in [2.75, 3.05) is 11.4 Å². The molecule has 5 rings (SSSR count). The summed E-state index contributed by atoms with van der Waals surface area (Å²) < 4.78 is 0. The van der Waals surface area contributed by atoms with Crippen molar-refractivity contribution in [3.63, 3.8) is 0 Å². The lowest BCUT2D eigenvalue weighted by Gasteiger charge is -2.35. The smallest absolute Gasteiger partial charge is 0.247 e. The second-order valence-electron chi connectivity index (χ2n) is 8.65. The zero-order valence-electron chi connectivity index (χ0n) is 16.0. The molecule has 5 nitrogen and oxygen atoms in total. The Morgan fingerprint density at radius 2 is 1.54 bits per heavy atom. The van der Waals surface area contributed by atoms with Crippen LogP contribution >= 0.6 is 0 Å². The molecule has 2 bridgehead atoms. The van der Waals surface area contributed by atoms with Gasteiger partial charge < -0.3 is 4.90 Å². The number of carbonyl (C=O) groups excluding carboxylic acids is 3. The predicted molar refractivity (Wildman–Crippen MR) is 105 cm³/mol. The normalized spacial score (nSPS) is 31.5. The fourth-order valence-electron chi connectivity index (χ4n) is 5.82. The van der Waals surface area contributed by atoms with Crippen molar-refractivity contribution in [1.82, 2.24) is 4.90 Å². The lowest BCUT2D eigenvalue weighted by Crippen LogP contribution is -2.48. The molecule has 3 aliphatic carbocycles. The van der Waals surface area contributed by atoms with E-state index in [1.165, 1.54) is 11.3 Å². The molecule has 4 atom stereocenters. The lowest BCUT2D eigenvalue weighted by molar-refractivity contribution is -0.143. The highest BCUT2D eigenvalue weighted by atomic mass is 16.2. The Balaban J connectivity index is 1.38. The molecular weight excluding hydrogens is 352 g/mol. The van der Waals surface area contributed by atoms with Gasteiger partial charge in [-0.05, 0) is 43.2 Å². The van der Waals surface area contributed by atoms with E-state index in [2.05, 4.69) is 12.2 Å². The minimum absolute atomic E-state index is 0.129. The summed E-state index contributed by atoms with van der Waals surface area (Å²) in [5.74, 6) is -0.552. The Hall–Kier alpha value is -2.43. The first kappa shape index (κ1) is 17.7. The zero-order chi connectivity index (χ0) is 19.3. The third-order valence-corrected chi connectivity index (χ3v) is 7.10. The van der Waals surface area contributed by atoms with Gasteiger partial charge in [0.05, 0.1) is 11.8 Å². The van der Waals surface area contributed by atoms with Crippen LogP contribution < -0.4 is 4.90 Å². The van der Waals surface area contributed by atoms with Crippen molar-refractivity contribution in [3.05, 3.63) is 42.5 Å². The molecule has 0 aromatic heterocycles. The number of hydrogen-bond donors (Lipinski definition) is 0. The van der Waals surface area contributed by atoms with Crippen LogP contribution in [0.3, 0.4) is 0 Å². The van der Waals surface area contributed by atoms with E-state index in [0.29, 0.717) is 0 Å². The van der Waals surface area contributed by atoms with Crippen LogP contribution in [-0.4, -0.2) is 35.2 Å². The number of allylic oxidation sites excluding steroid dienone is 2.